The van der Waals surface area contributed by atoms with Crippen LogP contribution in [0, 0.1) is 13.7 Å². The van der Waals surface area contributed by atoms with Crippen LogP contribution in [0.4, 0.5) is 5.69 Å². The summed E-state index contributed by atoms with van der Waals surface area (Å²) in [6, 6.07) is 16.5. The van der Waals surface area contributed by atoms with Crippen LogP contribution < -0.4 is 14.9 Å². The lowest BCUT2D eigenvalue weighted by Crippen LogP contribution is -2.19. The van der Waals surface area contributed by atoms with Crippen molar-refractivity contribution in [3.63, 3.8) is 0 Å². The first-order valence-corrected chi connectivity index (χ1v) is 10.7. The third-order valence-electron chi connectivity index (χ3n) is 4.31. The molecule has 0 saturated carbocycles. The number of nitro groups is 1. The second-order valence-electron chi connectivity index (χ2n) is 6.39. The third kappa shape index (κ3) is 5.74. The molecule has 8 nitrogen and oxygen atoms in total. The minimum absolute atomic E-state index is 0.0786. The average Bonchev–Trinajstić information content (AvgIpc) is 2.79. The fourth-order valence-corrected chi connectivity index (χ4v) is 3.74. The molecule has 1 amide bonds. The lowest BCUT2D eigenvalue weighted by molar-refractivity contribution is -0.385. The summed E-state index contributed by atoms with van der Waals surface area (Å²) in [5.74, 6) is 0.347. The second-order valence-corrected chi connectivity index (χ2v) is 7.96. The van der Waals surface area contributed by atoms with E-state index in [0.29, 0.717) is 22.1 Å². The highest BCUT2D eigenvalue weighted by Crippen LogP contribution is 2.34. The molecule has 0 unspecified atom stereocenters. The lowest BCUT2D eigenvalue weighted by Gasteiger charge is -2.14. The summed E-state index contributed by atoms with van der Waals surface area (Å²) in [7, 11) is 1.52. The molecule has 3 rings (SSSR count). The van der Waals surface area contributed by atoms with Crippen molar-refractivity contribution in [3.8, 4) is 11.5 Å². The highest BCUT2D eigenvalue weighted by atomic mass is 127. The van der Waals surface area contributed by atoms with Crippen LogP contribution in [-0.2, 0) is 6.61 Å². The first-order chi connectivity index (χ1) is 15.4. The molecule has 0 saturated heterocycles. The molecule has 3 aromatic rings. The SMILES string of the molecule is COc1cc(/C=N\NC(=O)c2ccccc2[N+](=O)[O-])cc(I)c1OCc1ccccc1Cl. The molecule has 32 heavy (non-hydrogen) atoms. The Morgan fingerprint density at radius 1 is 1.22 bits per heavy atom. The highest BCUT2D eigenvalue weighted by Gasteiger charge is 2.18. The van der Waals surface area contributed by atoms with Crippen LogP contribution in [0.5, 0.6) is 11.5 Å². The van der Waals surface area contributed by atoms with Crippen LogP contribution >= 0.6 is 34.2 Å². The number of ether oxygens (including phenoxy) is 2. The zero-order chi connectivity index (χ0) is 23.1. The molecular formula is C22H17ClIN3O5. The van der Waals surface area contributed by atoms with Crippen LogP contribution in [0.15, 0.2) is 65.8 Å². The van der Waals surface area contributed by atoms with Crippen molar-refractivity contribution in [2.45, 2.75) is 6.61 Å². The van der Waals surface area contributed by atoms with E-state index in [1.54, 1.807) is 24.3 Å². The number of carbonyl (C=O) groups excluding carboxylic acids is 1. The van der Waals surface area contributed by atoms with Crippen LogP contribution in [0.1, 0.15) is 21.5 Å². The van der Waals surface area contributed by atoms with E-state index in [4.69, 9.17) is 21.1 Å². The minimum Gasteiger partial charge on any atom is -0.493 e. The van der Waals surface area contributed by atoms with Gasteiger partial charge >= 0.3 is 0 Å². The zero-order valence-electron chi connectivity index (χ0n) is 16.7. The number of nitrogens with one attached hydrogen (secondary N) is 1. The van der Waals surface area contributed by atoms with Gasteiger partial charge in [0.05, 0.1) is 21.8 Å². The molecule has 0 atom stereocenters. The van der Waals surface area contributed by atoms with E-state index in [1.165, 1.54) is 31.5 Å². The smallest absolute Gasteiger partial charge is 0.282 e. The van der Waals surface area contributed by atoms with E-state index in [2.05, 4.69) is 33.1 Å². The Labute approximate surface area is 202 Å². The summed E-state index contributed by atoms with van der Waals surface area (Å²) in [4.78, 5) is 22.7. The number of benzene rings is 3. The summed E-state index contributed by atoms with van der Waals surface area (Å²) in [5.41, 5.74) is 3.41. The van der Waals surface area contributed by atoms with Crippen molar-refractivity contribution in [2.24, 2.45) is 5.10 Å². The Hall–Kier alpha value is -3.18. The predicted molar refractivity (Wildman–Crippen MR) is 130 cm³/mol. The molecule has 1 N–H and O–H groups in total. The van der Waals surface area contributed by atoms with E-state index in [1.807, 2.05) is 18.2 Å². The van der Waals surface area contributed by atoms with Gasteiger partial charge in [0.15, 0.2) is 11.5 Å². The fourth-order valence-electron chi connectivity index (χ4n) is 2.77. The van der Waals surface area contributed by atoms with Crippen LogP contribution in [0.2, 0.25) is 5.02 Å². The third-order valence-corrected chi connectivity index (χ3v) is 5.48. The Morgan fingerprint density at radius 2 is 1.94 bits per heavy atom. The Bertz CT molecular complexity index is 1190. The molecule has 0 heterocycles. The van der Waals surface area contributed by atoms with Gasteiger partial charge in [-0.25, -0.2) is 5.43 Å². The maximum Gasteiger partial charge on any atom is 0.282 e. The second kappa shape index (κ2) is 10.9. The van der Waals surface area contributed by atoms with E-state index in [9.17, 15) is 14.9 Å². The zero-order valence-corrected chi connectivity index (χ0v) is 19.7. The minimum atomic E-state index is -0.685. The summed E-state index contributed by atoms with van der Waals surface area (Å²) in [5, 5.41) is 15.6. The maximum atomic E-state index is 12.3. The molecule has 0 aliphatic rings. The lowest BCUT2D eigenvalue weighted by atomic mass is 10.2. The molecule has 0 aliphatic heterocycles. The number of hydrogen-bond donors (Lipinski definition) is 1. The topological polar surface area (TPSA) is 103 Å². The van der Waals surface area contributed by atoms with E-state index < -0.39 is 10.8 Å². The average molecular weight is 566 g/mol. The molecule has 0 radical (unpaired) electrons. The van der Waals surface area contributed by atoms with Crippen molar-refractivity contribution < 1.29 is 19.2 Å². The van der Waals surface area contributed by atoms with E-state index in [-0.39, 0.29) is 17.9 Å². The van der Waals surface area contributed by atoms with Gasteiger partial charge in [0.25, 0.3) is 11.6 Å². The van der Waals surface area contributed by atoms with Gasteiger partial charge in [-0.3, -0.25) is 14.9 Å². The van der Waals surface area contributed by atoms with E-state index >= 15 is 0 Å². The van der Waals surface area contributed by atoms with Gasteiger partial charge in [-0.15, -0.1) is 0 Å². The summed E-state index contributed by atoms with van der Waals surface area (Å²) in [6.07, 6.45) is 1.41. The van der Waals surface area contributed by atoms with Gasteiger partial charge in [0.2, 0.25) is 0 Å². The number of amides is 1. The van der Waals surface area contributed by atoms with Gasteiger partial charge in [-0.2, -0.15) is 5.10 Å². The molecule has 0 bridgehead atoms. The molecular weight excluding hydrogens is 549 g/mol. The van der Waals surface area contributed by atoms with Crippen LogP contribution in [0.3, 0.4) is 0 Å². The summed E-state index contributed by atoms with van der Waals surface area (Å²) < 4.78 is 12.1. The van der Waals surface area contributed by atoms with Crippen molar-refractivity contribution in [3.05, 3.63) is 96.1 Å². The van der Waals surface area contributed by atoms with Gasteiger partial charge in [-0.05, 0) is 52.4 Å². The largest absolute Gasteiger partial charge is 0.493 e. The number of methoxy groups -OCH3 is 1. The number of nitrogens with zero attached hydrogens (tertiary/aromatic N) is 2. The maximum absolute atomic E-state index is 12.3. The number of carbonyl (C=O) groups is 1. The molecule has 0 aliphatic carbocycles. The molecule has 0 aromatic heterocycles. The number of rotatable bonds is 8. The normalized spacial score (nSPS) is 10.7. The van der Waals surface area contributed by atoms with Crippen molar-refractivity contribution >= 4 is 52.0 Å². The summed E-state index contributed by atoms with van der Waals surface area (Å²) in [6.45, 7) is 0.269. The fraction of sp³-hybridized carbons (Fsp3) is 0.0909. The first kappa shape index (κ1) is 23.5. The Balaban J connectivity index is 1.73. The quantitative estimate of drug-likeness (QED) is 0.175. The van der Waals surface area contributed by atoms with Crippen molar-refractivity contribution in [2.75, 3.05) is 7.11 Å². The number of hydrogen-bond acceptors (Lipinski definition) is 6. The van der Waals surface area contributed by atoms with E-state index in [0.717, 1.165) is 9.13 Å². The molecule has 3 aromatic carbocycles. The molecule has 0 fully saturated rings. The van der Waals surface area contributed by atoms with Gasteiger partial charge in [0.1, 0.15) is 12.2 Å². The van der Waals surface area contributed by atoms with Crippen molar-refractivity contribution in [1.82, 2.24) is 5.43 Å². The summed E-state index contributed by atoms with van der Waals surface area (Å²) >= 11 is 8.29. The van der Waals surface area contributed by atoms with Gasteiger partial charge < -0.3 is 9.47 Å². The van der Waals surface area contributed by atoms with Crippen LogP contribution in [-0.4, -0.2) is 24.2 Å². The van der Waals surface area contributed by atoms with Gasteiger partial charge in [0, 0.05) is 16.7 Å². The Kier molecular flexibility index (Phi) is 8.01. The number of nitro benzene ring substituents is 1. The number of halogens is 2. The standard InChI is InChI=1S/C22H17ClIN3O5/c1-31-20-11-14(10-18(24)21(20)32-13-15-6-2-4-8-17(15)23)12-25-26-22(28)16-7-3-5-9-19(16)27(29)30/h2-12H,13H2,1H3,(H,26,28)/b25-12-. The molecule has 0 spiro atoms. The highest BCUT2D eigenvalue weighted by molar-refractivity contribution is 14.1. The Morgan fingerprint density at radius 3 is 2.66 bits per heavy atom. The molecule has 164 valence electrons. The first-order valence-electron chi connectivity index (χ1n) is 9.21. The number of hydrazone groups is 1. The predicted octanol–water partition coefficient (Wildman–Crippen LogP) is 5.20. The van der Waals surface area contributed by atoms with Crippen molar-refractivity contribution in [1.29, 1.82) is 0 Å². The monoisotopic (exact) mass is 565 g/mol. The van der Waals surface area contributed by atoms with Crippen LogP contribution in [0.25, 0.3) is 0 Å². The molecule has 10 heteroatoms. The number of para-hydroxylation sites is 1. The van der Waals surface area contributed by atoms with Gasteiger partial charge in [-0.1, -0.05) is 41.9 Å².